The van der Waals surface area contributed by atoms with E-state index in [-0.39, 0.29) is 36.5 Å². The molecular formula is C23H35N3O5. The molecule has 1 heterocycles. The van der Waals surface area contributed by atoms with Crippen LogP contribution in [0.3, 0.4) is 0 Å². The fourth-order valence-electron chi connectivity index (χ4n) is 2.47. The fraction of sp³-hybridized carbons (Fsp3) is 0.478. The third-order valence-corrected chi connectivity index (χ3v) is 4.29. The van der Waals surface area contributed by atoms with Crippen LogP contribution in [0.4, 0.5) is 0 Å². The molecule has 0 saturated heterocycles. The second-order valence-electron chi connectivity index (χ2n) is 6.47. The van der Waals surface area contributed by atoms with Crippen molar-refractivity contribution in [2.75, 3.05) is 20.6 Å². The van der Waals surface area contributed by atoms with Gasteiger partial charge in [0.25, 0.3) is 11.8 Å². The maximum Gasteiger partial charge on any atom is 0.335 e. The molecule has 1 saturated carbocycles. The Hall–Kier alpha value is -3.18. The van der Waals surface area contributed by atoms with E-state index >= 15 is 0 Å². The smallest absolute Gasteiger partial charge is 0.335 e. The molecule has 172 valence electrons. The first-order valence-electron chi connectivity index (χ1n) is 9.98. The lowest BCUT2D eigenvalue weighted by molar-refractivity contribution is -0.197. The van der Waals surface area contributed by atoms with Crippen LogP contribution in [-0.2, 0) is 24.0 Å². The van der Waals surface area contributed by atoms with Crippen LogP contribution in [-0.4, -0.2) is 54.7 Å². The highest BCUT2D eigenvalue weighted by molar-refractivity contribution is 5.92. The second-order valence-corrected chi connectivity index (χ2v) is 6.47. The molecule has 8 heteroatoms. The Balaban J connectivity index is 0. The number of terminal acetylenes is 1. The zero-order chi connectivity index (χ0) is 24.2. The largest absolute Gasteiger partial charge is 0.338 e. The predicted molar refractivity (Wildman–Crippen MR) is 121 cm³/mol. The summed E-state index contributed by atoms with van der Waals surface area (Å²) in [6.07, 6.45) is 13.7. The Bertz CT molecular complexity index is 643. The van der Waals surface area contributed by atoms with Gasteiger partial charge in [-0.1, -0.05) is 31.8 Å². The summed E-state index contributed by atoms with van der Waals surface area (Å²) in [7, 11) is 3.11. The molecule has 8 nitrogen and oxygen atoms in total. The first kappa shape index (κ1) is 30.0. The molecule has 0 unspecified atom stereocenters. The molecule has 2 amide bonds. The standard InChI is InChI=1S/C12H19NO4.C6H7NO.C3H5N.C2H4/c1-13(11(15)8-5-9-14)17-12(16)10-6-3-2-4-7-10;1-5-3-4-6(8)7(5)2;1-2-3-4;1-2/h9-10H,2-8H2,1H3;3-4H,1H2,2H3;1H,3-4H2;1-2H2. The van der Waals surface area contributed by atoms with Gasteiger partial charge in [-0.2, -0.15) is 5.06 Å². The fourth-order valence-corrected chi connectivity index (χ4v) is 2.47. The summed E-state index contributed by atoms with van der Waals surface area (Å²) in [5.74, 6) is 1.47. The quantitative estimate of drug-likeness (QED) is 0.315. The maximum absolute atomic E-state index is 11.7. The molecule has 0 aromatic carbocycles. The van der Waals surface area contributed by atoms with Crippen molar-refractivity contribution in [3.63, 3.8) is 0 Å². The number of hydroxylamine groups is 2. The van der Waals surface area contributed by atoms with Crippen molar-refractivity contribution >= 4 is 24.1 Å². The van der Waals surface area contributed by atoms with E-state index < -0.39 is 0 Å². The maximum atomic E-state index is 11.7. The molecule has 2 N–H and O–H groups in total. The molecule has 1 aliphatic carbocycles. The van der Waals surface area contributed by atoms with Crippen LogP contribution in [0.1, 0.15) is 44.9 Å². The van der Waals surface area contributed by atoms with Crippen molar-refractivity contribution in [3.05, 3.63) is 37.6 Å². The minimum Gasteiger partial charge on any atom is -0.338 e. The lowest BCUT2D eigenvalue weighted by Crippen LogP contribution is -2.33. The number of aldehydes is 1. The van der Waals surface area contributed by atoms with Crippen LogP contribution in [0.15, 0.2) is 37.6 Å². The monoisotopic (exact) mass is 433 g/mol. The molecule has 0 atom stereocenters. The Morgan fingerprint density at radius 2 is 1.87 bits per heavy atom. The van der Waals surface area contributed by atoms with Gasteiger partial charge in [0.2, 0.25) is 0 Å². The van der Waals surface area contributed by atoms with Crippen LogP contribution in [0.2, 0.25) is 0 Å². The van der Waals surface area contributed by atoms with E-state index in [9.17, 15) is 19.2 Å². The highest BCUT2D eigenvalue weighted by Gasteiger charge is 2.25. The molecular weight excluding hydrogens is 398 g/mol. The van der Waals surface area contributed by atoms with Crippen molar-refractivity contribution < 1.29 is 24.0 Å². The molecule has 2 aliphatic rings. The van der Waals surface area contributed by atoms with Gasteiger partial charge in [-0.05, 0) is 18.9 Å². The van der Waals surface area contributed by atoms with Crippen molar-refractivity contribution in [2.45, 2.75) is 44.9 Å². The number of hydrogen-bond donors (Lipinski definition) is 1. The van der Waals surface area contributed by atoms with Crippen LogP contribution in [0, 0.1) is 18.3 Å². The van der Waals surface area contributed by atoms with Gasteiger partial charge in [-0.15, -0.1) is 19.6 Å². The summed E-state index contributed by atoms with van der Waals surface area (Å²) in [6, 6.07) is 0. The Labute approximate surface area is 185 Å². The van der Waals surface area contributed by atoms with Crippen LogP contribution in [0.25, 0.3) is 0 Å². The van der Waals surface area contributed by atoms with Crippen LogP contribution >= 0.6 is 0 Å². The second kappa shape index (κ2) is 18.8. The predicted octanol–water partition coefficient (Wildman–Crippen LogP) is 2.37. The van der Waals surface area contributed by atoms with E-state index in [1.54, 1.807) is 13.1 Å². The Morgan fingerprint density at radius 1 is 1.32 bits per heavy atom. The van der Waals surface area contributed by atoms with E-state index in [4.69, 9.17) is 10.6 Å². The minimum atomic E-state index is -0.346. The van der Waals surface area contributed by atoms with Crippen molar-refractivity contribution in [1.82, 2.24) is 9.96 Å². The number of amides is 2. The third-order valence-electron chi connectivity index (χ3n) is 4.29. The summed E-state index contributed by atoms with van der Waals surface area (Å²) in [6.45, 7) is 9.95. The molecule has 1 aliphatic heterocycles. The molecule has 2 rings (SSSR count). The van der Waals surface area contributed by atoms with E-state index in [2.05, 4.69) is 32.1 Å². The third kappa shape index (κ3) is 13.6. The lowest BCUT2D eigenvalue weighted by atomic mass is 9.89. The van der Waals surface area contributed by atoms with E-state index in [0.717, 1.165) is 42.9 Å². The van der Waals surface area contributed by atoms with Crippen LogP contribution < -0.4 is 5.73 Å². The summed E-state index contributed by atoms with van der Waals surface area (Å²) >= 11 is 0. The number of carbonyl (C=O) groups is 4. The van der Waals surface area contributed by atoms with E-state index in [1.165, 1.54) is 18.0 Å². The average molecular weight is 434 g/mol. The van der Waals surface area contributed by atoms with Crippen molar-refractivity contribution in [2.24, 2.45) is 11.7 Å². The molecule has 31 heavy (non-hydrogen) atoms. The number of nitrogens with zero attached hydrogens (tertiary/aromatic N) is 2. The molecule has 1 fully saturated rings. The average Bonchev–Trinajstić information content (AvgIpc) is 3.10. The summed E-state index contributed by atoms with van der Waals surface area (Å²) < 4.78 is 0. The number of likely N-dealkylation sites (N-methyl/N-ethyl adjacent to an activating group) is 1. The molecule has 0 spiro atoms. The lowest BCUT2D eigenvalue weighted by Gasteiger charge is -2.23. The van der Waals surface area contributed by atoms with Crippen molar-refractivity contribution in [3.8, 4) is 12.3 Å². The Kier molecular flexibility index (Phi) is 18.2. The van der Waals surface area contributed by atoms with Gasteiger partial charge in [0, 0.05) is 38.7 Å². The Morgan fingerprint density at radius 3 is 2.23 bits per heavy atom. The van der Waals surface area contributed by atoms with Gasteiger partial charge >= 0.3 is 5.97 Å². The minimum absolute atomic E-state index is 0.00926. The van der Waals surface area contributed by atoms with Gasteiger partial charge < -0.3 is 20.3 Å². The molecule has 0 radical (unpaired) electrons. The van der Waals surface area contributed by atoms with Gasteiger partial charge in [-0.25, -0.2) is 4.79 Å². The number of rotatable bonds is 4. The first-order chi connectivity index (χ1) is 14.8. The van der Waals surface area contributed by atoms with Gasteiger partial charge in [0.1, 0.15) is 6.29 Å². The summed E-state index contributed by atoms with van der Waals surface area (Å²) in [5.41, 5.74) is 5.55. The van der Waals surface area contributed by atoms with Gasteiger partial charge in [0.05, 0.1) is 12.5 Å². The zero-order valence-electron chi connectivity index (χ0n) is 18.7. The SMILES string of the molecule is C#CCN.C=C.C=C1C=CC(=O)N1C.CN(OC(=O)C1CCCCC1)C(=O)CCC=O. The molecule has 0 aromatic heterocycles. The number of hydrogen-bond acceptors (Lipinski definition) is 6. The molecule has 0 aromatic rings. The van der Waals surface area contributed by atoms with Gasteiger partial charge in [-0.3, -0.25) is 9.59 Å². The zero-order valence-corrected chi connectivity index (χ0v) is 18.7. The normalized spacial score (nSPS) is 14.5. The van der Waals surface area contributed by atoms with E-state index in [1.807, 2.05) is 0 Å². The molecule has 0 bridgehead atoms. The summed E-state index contributed by atoms with van der Waals surface area (Å²) in [5, 5.41) is 0.945. The number of allylic oxidation sites excluding steroid dienone is 1. The number of nitrogens with two attached hydrogens (primary N) is 1. The van der Waals surface area contributed by atoms with E-state index in [0.29, 0.717) is 12.8 Å². The first-order valence-corrected chi connectivity index (χ1v) is 9.98. The summed E-state index contributed by atoms with van der Waals surface area (Å²) in [4.78, 5) is 50.3. The van der Waals surface area contributed by atoms with Crippen molar-refractivity contribution in [1.29, 1.82) is 0 Å². The van der Waals surface area contributed by atoms with Gasteiger partial charge in [0.15, 0.2) is 0 Å². The number of carbonyl (C=O) groups excluding carboxylic acids is 4. The highest BCUT2D eigenvalue weighted by Crippen LogP contribution is 2.24. The highest BCUT2D eigenvalue weighted by atomic mass is 16.7. The van der Waals surface area contributed by atoms with Crippen LogP contribution in [0.5, 0.6) is 0 Å². The topological polar surface area (TPSA) is 110 Å².